The van der Waals surface area contributed by atoms with Crippen molar-refractivity contribution >= 4 is 39.5 Å². The van der Waals surface area contributed by atoms with Gasteiger partial charge in [0.2, 0.25) is 0 Å². The molecule has 2 aromatic rings. The van der Waals surface area contributed by atoms with Gasteiger partial charge in [0, 0.05) is 4.47 Å². The Balaban J connectivity index is 1.93. The van der Waals surface area contributed by atoms with E-state index in [1.165, 1.54) is 30.3 Å². The minimum absolute atomic E-state index is 0.0300. The van der Waals surface area contributed by atoms with Crippen molar-refractivity contribution in [1.29, 1.82) is 0 Å². The third-order valence-electron chi connectivity index (χ3n) is 3.14. The molecule has 4 nitrogen and oxygen atoms in total. The molecule has 3 rings (SSSR count). The van der Waals surface area contributed by atoms with Crippen molar-refractivity contribution in [3.05, 3.63) is 70.0 Å². The van der Waals surface area contributed by atoms with Crippen LogP contribution in [0.4, 0.5) is 10.1 Å². The largest absolute Gasteiger partial charge is 0.282 e. The number of carbonyl (C=O) groups is 2. The van der Waals surface area contributed by atoms with Crippen molar-refractivity contribution in [2.24, 2.45) is 0 Å². The third-order valence-corrected chi connectivity index (χ3v) is 3.63. The molecule has 0 aromatic heterocycles. The molecule has 1 heterocycles. The number of amides is 2. The summed E-state index contributed by atoms with van der Waals surface area (Å²) in [5.74, 6) is -1.38. The maximum Gasteiger partial charge on any atom is 0.282 e. The van der Waals surface area contributed by atoms with Gasteiger partial charge < -0.3 is 0 Å². The molecule has 1 fully saturated rings. The summed E-state index contributed by atoms with van der Waals surface area (Å²) in [5, 5.41) is 1.10. The molecule has 0 aliphatic carbocycles. The van der Waals surface area contributed by atoms with Crippen LogP contribution in [0.2, 0.25) is 0 Å². The van der Waals surface area contributed by atoms with Crippen LogP contribution < -0.4 is 10.4 Å². The summed E-state index contributed by atoms with van der Waals surface area (Å²) in [6.07, 6.45) is 1.52. The Morgan fingerprint density at radius 2 is 1.82 bits per heavy atom. The van der Waals surface area contributed by atoms with Crippen molar-refractivity contribution < 1.29 is 14.0 Å². The lowest BCUT2D eigenvalue weighted by Gasteiger charge is -2.14. The topological polar surface area (TPSA) is 49.4 Å². The Morgan fingerprint density at radius 1 is 1.09 bits per heavy atom. The van der Waals surface area contributed by atoms with Gasteiger partial charge in [0.15, 0.2) is 0 Å². The number of hydrogen-bond acceptors (Lipinski definition) is 2. The zero-order valence-corrected chi connectivity index (χ0v) is 12.8. The minimum atomic E-state index is -0.491. The van der Waals surface area contributed by atoms with Gasteiger partial charge in [-0.2, -0.15) is 0 Å². The van der Waals surface area contributed by atoms with Crippen LogP contribution in [0.25, 0.3) is 6.08 Å². The summed E-state index contributed by atoms with van der Waals surface area (Å²) >= 11 is 3.34. The highest BCUT2D eigenvalue weighted by Gasteiger charge is 2.34. The summed E-state index contributed by atoms with van der Waals surface area (Å²) in [4.78, 5) is 24.4. The third kappa shape index (κ3) is 2.78. The SMILES string of the molecule is O=C1NN(c2ccc(F)cc2)C(=O)C1=Cc1cccc(Br)c1. The summed E-state index contributed by atoms with van der Waals surface area (Å²) < 4.78 is 13.8. The number of hydrazine groups is 1. The first-order chi connectivity index (χ1) is 10.5. The average molecular weight is 361 g/mol. The van der Waals surface area contributed by atoms with Crippen molar-refractivity contribution in [3.8, 4) is 0 Å². The number of anilines is 1. The van der Waals surface area contributed by atoms with Crippen molar-refractivity contribution in [3.63, 3.8) is 0 Å². The highest BCUT2D eigenvalue weighted by molar-refractivity contribution is 9.10. The van der Waals surface area contributed by atoms with E-state index in [9.17, 15) is 14.0 Å². The molecular formula is C16H10BrFN2O2. The lowest BCUT2D eigenvalue weighted by atomic mass is 10.1. The summed E-state index contributed by atoms with van der Waals surface area (Å²) in [7, 11) is 0. The number of rotatable bonds is 2. The first kappa shape index (κ1) is 14.5. The quantitative estimate of drug-likeness (QED) is 0.660. The lowest BCUT2D eigenvalue weighted by Crippen LogP contribution is -2.35. The number of carbonyl (C=O) groups excluding carboxylic acids is 2. The highest BCUT2D eigenvalue weighted by atomic mass is 79.9. The molecule has 6 heteroatoms. The van der Waals surface area contributed by atoms with Gasteiger partial charge in [-0.05, 0) is 48.0 Å². The fraction of sp³-hybridized carbons (Fsp3) is 0. The van der Waals surface area contributed by atoms with E-state index in [0.29, 0.717) is 5.69 Å². The lowest BCUT2D eigenvalue weighted by molar-refractivity contribution is -0.117. The molecule has 1 aliphatic rings. The predicted molar refractivity (Wildman–Crippen MR) is 84.1 cm³/mol. The zero-order valence-electron chi connectivity index (χ0n) is 11.2. The Hall–Kier alpha value is -2.47. The van der Waals surface area contributed by atoms with E-state index >= 15 is 0 Å². The van der Waals surface area contributed by atoms with Gasteiger partial charge in [-0.15, -0.1) is 0 Å². The van der Waals surface area contributed by atoms with E-state index in [2.05, 4.69) is 21.4 Å². The first-order valence-electron chi connectivity index (χ1n) is 6.43. The molecule has 0 radical (unpaired) electrons. The van der Waals surface area contributed by atoms with E-state index < -0.39 is 17.6 Å². The normalized spacial score (nSPS) is 16.3. The number of halogens is 2. The Labute approximate surface area is 134 Å². The maximum atomic E-state index is 12.9. The molecule has 0 atom stereocenters. The van der Waals surface area contributed by atoms with E-state index in [-0.39, 0.29) is 5.57 Å². The van der Waals surface area contributed by atoms with Crippen LogP contribution in [0, 0.1) is 5.82 Å². The molecule has 1 N–H and O–H groups in total. The summed E-state index contributed by atoms with van der Waals surface area (Å²) in [6, 6.07) is 12.6. The first-order valence-corrected chi connectivity index (χ1v) is 7.22. The van der Waals surface area contributed by atoms with E-state index in [1.807, 2.05) is 12.1 Å². The van der Waals surface area contributed by atoms with Crippen LogP contribution in [-0.4, -0.2) is 11.8 Å². The van der Waals surface area contributed by atoms with Crippen LogP contribution in [0.5, 0.6) is 0 Å². The van der Waals surface area contributed by atoms with E-state index in [0.717, 1.165) is 15.0 Å². The Bertz CT molecular complexity index is 787. The molecule has 0 bridgehead atoms. The van der Waals surface area contributed by atoms with Crippen molar-refractivity contribution in [2.45, 2.75) is 0 Å². The van der Waals surface area contributed by atoms with Gasteiger partial charge in [0.25, 0.3) is 11.8 Å². The highest BCUT2D eigenvalue weighted by Crippen LogP contribution is 2.22. The van der Waals surface area contributed by atoms with Gasteiger partial charge in [0.05, 0.1) is 5.69 Å². The molecular weight excluding hydrogens is 351 g/mol. The number of nitrogens with one attached hydrogen (secondary N) is 1. The predicted octanol–water partition coefficient (Wildman–Crippen LogP) is 3.05. The van der Waals surface area contributed by atoms with Gasteiger partial charge in [-0.1, -0.05) is 28.1 Å². The van der Waals surface area contributed by atoms with Gasteiger partial charge in [-0.3, -0.25) is 15.0 Å². The van der Waals surface area contributed by atoms with Crippen molar-refractivity contribution in [2.75, 3.05) is 5.01 Å². The maximum absolute atomic E-state index is 12.9. The van der Waals surface area contributed by atoms with Crippen LogP contribution >= 0.6 is 15.9 Å². The molecule has 2 aromatic carbocycles. The molecule has 1 aliphatic heterocycles. The summed E-state index contributed by atoms with van der Waals surface area (Å²) in [6.45, 7) is 0. The zero-order chi connectivity index (χ0) is 15.7. The molecule has 0 saturated carbocycles. The van der Waals surface area contributed by atoms with Crippen LogP contribution in [0.3, 0.4) is 0 Å². The Kier molecular flexibility index (Phi) is 3.77. The monoisotopic (exact) mass is 360 g/mol. The number of benzene rings is 2. The minimum Gasteiger partial charge on any atom is -0.267 e. The molecule has 110 valence electrons. The van der Waals surface area contributed by atoms with Crippen LogP contribution in [0.1, 0.15) is 5.56 Å². The smallest absolute Gasteiger partial charge is 0.267 e. The molecule has 0 unspecified atom stereocenters. The van der Waals surface area contributed by atoms with Crippen molar-refractivity contribution in [1.82, 2.24) is 5.43 Å². The average Bonchev–Trinajstić information content (AvgIpc) is 2.76. The van der Waals surface area contributed by atoms with E-state index in [1.54, 1.807) is 12.1 Å². The fourth-order valence-corrected chi connectivity index (χ4v) is 2.51. The summed E-state index contributed by atoms with van der Waals surface area (Å²) in [5.41, 5.74) is 3.63. The van der Waals surface area contributed by atoms with Gasteiger partial charge >= 0.3 is 0 Å². The fourth-order valence-electron chi connectivity index (χ4n) is 2.09. The second-order valence-electron chi connectivity index (χ2n) is 4.67. The molecule has 1 saturated heterocycles. The number of nitrogens with zero attached hydrogens (tertiary/aromatic N) is 1. The second kappa shape index (κ2) is 5.73. The van der Waals surface area contributed by atoms with Crippen LogP contribution in [0.15, 0.2) is 58.6 Å². The number of hydrogen-bond donors (Lipinski definition) is 1. The molecule has 2 amide bonds. The van der Waals surface area contributed by atoms with Crippen LogP contribution in [-0.2, 0) is 9.59 Å². The second-order valence-corrected chi connectivity index (χ2v) is 5.59. The molecule has 0 spiro atoms. The van der Waals surface area contributed by atoms with Gasteiger partial charge in [-0.25, -0.2) is 9.40 Å². The Morgan fingerprint density at radius 3 is 2.50 bits per heavy atom. The standard InChI is InChI=1S/C16H10BrFN2O2/c17-11-3-1-2-10(8-11)9-14-15(21)19-20(16(14)22)13-6-4-12(18)5-7-13/h1-9H,(H,19,21). The molecule has 22 heavy (non-hydrogen) atoms. The van der Waals surface area contributed by atoms with E-state index in [4.69, 9.17) is 0 Å². The van der Waals surface area contributed by atoms with Gasteiger partial charge in [0.1, 0.15) is 11.4 Å².